The highest BCUT2D eigenvalue weighted by atomic mass is 32.2. The van der Waals surface area contributed by atoms with Crippen LogP contribution < -0.4 is 5.32 Å². The molecule has 2 N–H and O–H groups in total. The smallest absolute Gasteiger partial charge is 0.353 e. The van der Waals surface area contributed by atoms with Crippen LogP contribution in [0.15, 0.2) is 10.6 Å². The molecule has 0 spiro atoms. The summed E-state index contributed by atoms with van der Waals surface area (Å²) in [6.07, 6.45) is 2.30. The van der Waals surface area contributed by atoms with Crippen LogP contribution in [0.5, 0.6) is 0 Å². The average molecular weight is 254 g/mol. The summed E-state index contributed by atoms with van der Waals surface area (Å²) >= 11 is 1.64. The fourth-order valence-electron chi connectivity index (χ4n) is 2.65. The molecule has 2 saturated heterocycles. The molecular formula is C11H14N2O3S. The van der Waals surface area contributed by atoms with E-state index < -0.39 is 5.97 Å². The molecule has 1 unspecified atom stereocenters. The Hall–Kier alpha value is -1.01. The molecule has 3 heterocycles. The number of hydrogen-bond donors (Lipinski definition) is 2. The Bertz CT molecular complexity index is 415. The first-order chi connectivity index (χ1) is 8.16. The molecule has 92 valence electrons. The number of carboxylic acid groups (broad SMARTS) is 1. The van der Waals surface area contributed by atoms with Gasteiger partial charge in [-0.05, 0) is 13.0 Å². The number of thioether (sulfide) groups is 1. The largest absolute Gasteiger partial charge is 0.477 e. The minimum absolute atomic E-state index is 0.0486. The van der Waals surface area contributed by atoms with Crippen LogP contribution in [0.3, 0.4) is 0 Å². The zero-order valence-corrected chi connectivity index (χ0v) is 10.1. The maximum Gasteiger partial charge on any atom is 0.353 e. The van der Waals surface area contributed by atoms with Gasteiger partial charge in [0, 0.05) is 29.5 Å². The highest BCUT2D eigenvalue weighted by Gasteiger charge is 2.47. The lowest BCUT2D eigenvalue weighted by Gasteiger charge is -2.34. The summed E-state index contributed by atoms with van der Waals surface area (Å²) < 4.78 is 0. The van der Waals surface area contributed by atoms with Gasteiger partial charge in [0.1, 0.15) is 5.70 Å². The van der Waals surface area contributed by atoms with Crippen LogP contribution in [0.2, 0.25) is 0 Å². The first-order valence-electron chi connectivity index (χ1n) is 5.82. The Labute approximate surface area is 103 Å². The summed E-state index contributed by atoms with van der Waals surface area (Å²) in [7, 11) is 0. The van der Waals surface area contributed by atoms with E-state index in [1.54, 1.807) is 11.8 Å². The van der Waals surface area contributed by atoms with E-state index in [4.69, 9.17) is 0 Å². The van der Waals surface area contributed by atoms with Crippen LogP contribution in [-0.4, -0.2) is 46.3 Å². The average Bonchev–Trinajstić information content (AvgIpc) is 2.84. The van der Waals surface area contributed by atoms with Crippen molar-refractivity contribution in [2.75, 3.05) is 13.1 Å². The summed E-state index contributed by atoms with van der Waals surface area (Å²) in [4.78, 5) is 25.0. The lowest BCUT2D eigenvalue weighted by atomic mass is 10.0. The second kappa shape index (κ2) is 4.03. The molecule has 3 rings (SSSR count). The van der Waals surface area contributed by atoms with Crippen molar-refractivity contribution in [3.05, 3.63) is 10.6 Å². The molecule has 0 aromatic carbocycles. The standard InChI is InChI=1S/C11H14N2O3S/c14-9-4-6-3-8(10(11(15)16)13(6)9)17-7-1-2-12-5-7/h6-7,12H,1-5H2,(H,15,16)/t6-,7?/m1/s1. The highest BCUT2D eigenvalue weighted by molar-refractivity contribution is 8.03. The summed E-state index contributed by atoms with van der Waals surface area (Å²) in [5, 5.41) is 12.9. The maximum atomic E-state index is 11.4. The third-order valence-corrected chi connectivity index (χ3v) is 4.88. The molecule has 0 saturated carbocycles. The second-order valence-electron chi connectivity index (χ2n) is 4.64. The van der Waals surface area contributed by atoms with Crippen molar-refractivity contribution in [3.63, 3.8) is 0 Å². The molecule has 0 aromatic heterocycles. The molecule has 6 heteroatoms. The normalized spacial score (nSPS) is 31.8. The minimum atomic E-state index is -0.964. The summed E-state index contributed by atoms with van der Waals surface area (Å²) in [5.41, 5.74) is 0.239. The van der Waals surface area contributed by atoms with Gasteiger partial charge in [0.2, 0.25) is 5.91 Å². The van der Waals surface area contributed by atoms with Gasteiger partial charge < -0.3 is 15.3 Å². The molecule has 0 bridgehead atoms. The summed E-state index contributed by atoms with van der Waals surface area (Å²) in [5.74, 6) is -1.01. The van der Waals surface area contributed by atoms with Crippen LogP contribution in [0.4, 0.5) is 0 Å². The zero-order chi connectivity index (χ0) is 12.0. The Balaban J connectivity index is 1.81. The van der Waals surface area contributed by atoms with Crippen molar-refractivity contribution in [2.24, 2.45) is 0 Å². The van der Waals surface area contributed by atoms with Crippen LogP contribution >= 0.6 is 11.8 Å². The molecule has 0 aromatic rings. The van der Waals surface area contributed by atoms with Gasteiger partial charge in [-0.2, -0.15) is 0 Å². The van der Waals surface area contributed by atoms with E-state index >= 15 is 0 Å². The van der Waals surface area contributed by atoms with Gasteiger partial charge in [-0.25, -0.2) is 4.79 Å². The number of carboxylic acids is 1. The lowest BCUT2D eigenvalue weighted by molar-refractivity contribution is -0.147. The molecule has 5 nitrogen and oxygen atoms in total. The third-order valence-electron chi connectivity index (χ3n) is 3.50. The van der Waals surface area contributed by atoms with Crippen LogP contribution in [0.25, 0.3) is 0 Å². The van der Waals surface area contributed by atoms with Gasteiger partial charge in [-0.15, -0.1) is 11.8 Å². The molecule has 3 aliphatic heterocycles. The van der Waals surface area contributed by atoms with E-state index in [0.29, 0.717) is 11.7 Å². The molecule has 2 fully saturated rings. The van der Waals surface area contributed by atoms with Crippen molar-refractivity contribution in [1.29, 1.82) is 0 Å². The maximum absolute atomic E-state index is 11.4. The Morgan fingerprint density at radius 1 is 1.47 bits per heavy atom. The topological polar surface area (TPSA) is 69.6 Å². The quantitative estimate of drug-likeness (QED) is 0.713. The number of carbonyl (C=O) groups is 2. The van der Waals surface area contributed by atoms with Crippen LogP contribution in [0.1, 0.15) is 19.3 Å². The van der Waals surface area contributed by atoms with Crippen molar-refractivity contribution < 1.29 is 14.7 Å². The number of nitrogens with zero attached hydrogens (tertiary/aromatic N) is 1. The number of nitrogens with one attached hydrogen (secondary N) is 1. The van der Waals surface area contributed by atoms with Crippen molar-refractivity contribution >= 4 is 23.6 Å². The number of amides is 1. The fourth-order valence-corrected chi connectivity index (χ4v) is 4.08. The van der Waals surface area contributed by atoms with Crippen molar-refractivity contribution in [1.82, 2.24) is 10.2 Å². The Morgan fingerprint density at radius 2 is 2.29 bits per heavy atom. The predicted octanol–water partition coefficient (Wildman–Crippen LogP) is 0.382. The SMILES string of the molecule is O=C(O)C1=C(SC2CCNC2)C[C@@H]2CC(=O)N12. The van der Waals surface area contributed by atoms with E-state index in [2.05, 4.69) is 5.32 Å². The van der Waals surface area contributed by atoms with Gasteiger partial charge >= 0.3 is 5.97 Å². The number of hydrogen-bond acceptors (Lipinski definition) is 4. The van der Waals surface area contributed by atoms with Gasteiger partial charge in [0.05, 0.1) is 6.04 Å². The van der Waals surface area contributed by atoms with Crippen molar-refractivity contribution in [3.8, 4) is 0 Å². The van der Waals surface area contributed by atoms with Crippen LogP contribution in [-0.2, 0) is 9.59 Å². The van der Waals surface area contributed by atoms with Gasteiger partial charge in [0.25, 0.3) is 0 Å². The molecule has 0 aliphatic carbocycles. The fraction of sp³-hybridized carbons (Fsp3) is 0.636. The van der Waals surface area contributed by atoms with Crippen LogP contribution in [0, 0.1) is 0 Å². The molecule has 17 heavy (non-hydrogen) atoms. The Kier molecular flexibility index (Phi) is 2.63. The summed E-state index contributed by atoms with van der Waals surface area (Å²) in [6, 6.07) is 0.116. The predicted molar refractivity (Wildman–Crippen MR) is 63.4 cm³/mol. The molecule has 0 radical (unpaired) electrons. The number of carbonyl (C=O) groups excluding carboxylic acids is 1. The number of aliphatic carboxylic acids is 1. The zero-order valence-electron chi connectivity index (χ0n) is 9.31. The van der Waals surface area contributed by atoms with E-state index in [-0.39, 0.29) is 17.6 Å². The van der Waals surface area contributed by atoms with E-state index in [0.717, 1.165) is 30.8 Å². The molecule has 3 aliphatic rings. The van der Waals surface area contributed by atoms with Crippen molar-refractivity contribution in [2.45, 2.75) is 30.6 Å². The molecular weight excluding hydrogens is 240 g/mol. The first-order valence-corrected chi connectivity index (χ1v) is 6.70. The van der Waals surface area contributed by atoms with E-state index in [1.165, 1.54) is 4.90 Å². The third kappa shape index (κ3) is 1.75. The van der Waals surface area contributed by atoms with Gasteiger partial charge in [-0.3, -0.25) is 4.79 Å². The second-order valence-corrected chi connectivity index (χ2v) is 6.03. The molecule has 2 atom stereocenters. The summed E-state index contributed by atoms with van der Waals surface area (Å²) in [6.45, 7) is 1.93. The number of rotatable bonds is 3. The minimum Gasteiger partial charge on any atom is -0.477 e. The molecule has 1 amide bonds. The first kappa shape index (κ1) is 11.1. The number of fused-ring (bicyclic) bond motifs is 1. The van der Waals surface area contributed by atoms with Gasteiger partial charge in [0.15, 0.2) is 0 Å². The Morgan fingerprint density at radius 3 is 2.88 bits per heavy atom. The van der Waals surface area contributed by atoms with E-state index in [9.17, 15) is 14.7 Å². The monoisotopic (exact) mass is 254 g/mol. The highest BCUT2D eigenvalue weighted by Crippen LogP contribution is 2.44. The van der Waals surface area contributed by atoms with Gasteiger partial charge in [-0.1, -0.05) is 0 Å². The van der Waals surface area contributed by atoms with E-state index in [1.807, 2.05) is 0 Å². The lowest BCUT2D eigenvalue weighted by Crippen LogP contribution is -2.49. The number of β-lactam (4-membered cyclic amide) rings is 1.